The van der Waals surface area contributed by atoms with E-state index in [2.05, 4.69) is 24.3 Å². The van der Waals surface area contributed by atoms with Gasteiger partial charge in [0.05, 0.1) is 0 Å². The number of hydrogen-bond donors (Lipinski definition) is 2. The maximum atomic E-state index is 11.5. The zero-order valence-electron chi connectivity index (χ0n) is 10.2. The van der Waals surface area contributed by atoms with Gasteiger partial charge in [-0.05, 0) is 19.3 Å². The van der Waals surface area contributed by atoms with E-state index < -0.39 is 0 Å². The van der Waals surface area contributed by atoms with Crippen LogP contribution in [0.25, 0.3) is 0 Å². The Morgan fingerprint density at radius 1 is 1.62 bits per heavy atom. The highest BCUT2D eigenvalue weighted by molar-refractivity contribution is 5.75. The second kappa shape index (κ2) is 5.53. The second-order valence-electron chi connectivity index (χ2n) is 4.43. The van der Waals surface area contributed by atoms with Crippen LogP contribution in [0.2, 0.25) is 0 Å². The first-order chi connectivity index (χ1) is 7.49. The molecule has 0 atom stereocenters. The van der Waals surface area contributed by atoms with Crippen LogP contribution in [0, 0.1) is 12.8 Å². The van der Waals surface area contributed by atoms with Gasteiger partial charge in [0.2, 0.25) is 5.91 Å². The van der Waals surface area contributed by atoms with Gasteiger partial charge in [0.15, 0.2) is 0 Å². The SMILES string of the molecule is Cc1cn(CC(=O)NCCC(C)C)nc1N. The minimum Gasteiger partial charge on any atom is -0.382 e. The van der Waals surface area contributed by atoms with Gasteiger partial charge in [-0.1, -0.05) is 13.8 Å². The van der Waals surface area contributed by atoms with E-state index in [-0.39, 0.29) is 12.5 Å². The Hall–Kier alpha value is -1.52. The molecule has 5 heteroatoms. The van der Waals surface area contributed by atoms with Gasteiger partial charge in [-0.3, -0.25) is 9.48 Å². The van der Waals surface area contributed by atoms with E-state index in [9.17, 15) is 4.79 Å². The third-order valence-electron chi connectivity index (χ3n) is 2.33. The first kappa shape index (κ1) is 12.5. The number of carbonyl (C=O) groups excluding carboxylic acids is 1. The molecule has 0 saturated heterocycles. The van der Waals surface area contributed by atoms with Crippen LogP contribution in [0.4, 0.5) is 5.82 Å². The maximum absolute atomic E-state index is 11.5. The van der Waals surface area contributed by atoms with Crippen LogP contribution in [-0.4, -0.2) is 22.2 Å². The van der Waals surface area contributed by atoms with Gasteiger partial charge >= 0.3 is 0 Å². The van der Waals surface area contributed by atoms with Crippen molar-refractivity contribution in [2.24, 2.45) is 5.92 Å². The van der Waals surface area contributed by atoms with Gasteiger partial charge in [-0.15, -0.1) is 0 Å². The van der Waals surface area contributed by atoms with Crippen molar-refractivity contribution in [2.45, 2.75) is 33.7 Å². The largest absolute Gasteiger partial charge is 0.382 e. The first-order valence-electron chi connectivity index (χ1n) is 5.55. The number of hydrogen-bond acceptors (Lipinski definition) is 3. The van der Waals surface area contributed by atoms with Gasteiger partial charge < -0.3 is 11.1 Å². The summed E-state index contributed by atoms with van der Waals surface area (Å²) in [5, 5.41) is 6.88. The quantitative estimate of drug-likeness (QED) is 0.781. The molecule has 0 bridgehead atoms. The molecule has 3 N–H and O–H groups in total. The van der Waals surface area contributed by atoms with Crippen LogP contribution in [0.15, 0.2) is 6.20 Å². The predicted molar refractivity (Wildman–Crippen MR) is 63.8 cm³/mol. The highest BCUT2D eigenvalue weighted by atomic mass is 16.2. The molecular formula is C11H20N4O. The first-order valence-corrected chi connectivity index (χ1v) is 5.55. The van der Waals surface area contributed by atoms with Crippen LogP contribution < -0.4 is 11.1 Å². The molecule has 0 saturated carbocycles. The molecule has 0 aliphatic heterocycles. The Morgan fingerprint density at radius 2 is 2.31 bits per heavy atom. The molecular weight excluding hydrogens is 204 g/mol. The standard InChI is InChI=1S/C11H20N4O/c1-8(2)4-5-13-10(16)7-15-6-9(3)11(12)14-15/h6,8H,4-5,7H2,1-3H3,(H2,12,14)(H,13,16). The fraction of sp³-hybridized carbons (Fsp3) is 0.636. The van der Waals surface area contributed by atoms with Gasteiger partial charge in [0.1, 0.15) is 12.4 Å². The van der Waals surface area contributed by atoms with Gasteiger partial charge in [-0.2, -0.15) is 5.10 Å². The van der Waals surface area contributed by atoms with Crippen molar-refractivity contribution in [2.75, 3.05) is 12.3 Å². The van der Waals surface area contributed by atoms with E-state index in [1.165, 1.54) is 0 Å². The molecule has 1 aromatic heterocycles. The molecule has 0 radical (unpaired) electrons. The van der Waals surface area contributed by atoms with E-state index in [0.717, 1.165) is 12.0 Å². The number of nitrogens with zero attached hydrogens (tertiary/aromatic N) is 2. The summed E-state index contributed by atoms with van der Waals surface area (Å²) in [5.41, 5.74) is 6.49. The minimum absolute atomic E-state index is 0.0249. The number of carbonyl (C=O) groups is 1. The van der Waals surface area contributed by atoms with E-state index in [1.54, 1.807) is 10.9 Å². The zero-order chi connectivity index (χ0) is 12.1. The summed E-state index contributed by atoms with van der Waals surface area (Å²) in [6, 6.07) is 0. The number of nitrogens with two attached hydrogens (primary N) is 1. The molecule has 1 aromatic rings. The Bertz CT molecular complexity index is 337. The Balaban J connectivity index is 2.34. The number of anilines is 1. The van der Waals surface area contributed by atoms with Crippen molar-refractivity contribution < 1.29 is 4.79 Å². The number of rotatable bonds is 5. The molecule has 1 heterocycles. The third kappa shape index (κ3) is 3.92. The zero-order valence-corrected chi connectivity index (χ0v) is 10.2. The average Bonchev–Trinajstić information content (AvgIpc) is 2.44. The van der Waals surface area contributed by atoms with Gasteiger partial charge in [0.25, 0.3) is 0 Å². The normalized spacial score (nSPS) is 10.8. The van der Waals surface area contributed by atoms with Crippen molar-refractivity contribution in [3.05, 3.63) is 11.8 Å². The van der Waals surface area contributed by atoms with Crippen LogP contribution in [0.3, 0.4) is 0 Å². The fourth-order valence-electron chi connectivity index (χ4n) is 1.32. The molecule has 5 nitrogen and oxygen atoms in total. The highest BCUT2D eigenvalue weighted by Crippen LogP contribution is 2.05. The van der Waals surface area contributed by atoms with Crippen molar-refractivity contribution in [3.63, 3.8) is 0 Å². The average molecular weight is 224 g/mol. The molecule has 16 heavy (non-hydrogen) atoms. The summed E-state index contributed by atoms with van der Waals surface area (Å²) >= 11 is 0. The van der Waals surface area contributed by atoms with Gasteiger partial charge in [-0.25, -0.2) is 0 Å². The van der Waals surface area contributed by atoms with Gasteiger partial charge in [0, 0.05) is 18.3 Å². The summed E-state index contributed by atoms with van der Waals surface area (Å²) in [5.74, 6) is 1.06. The lowest BCUT2D eigenvalue weighted by Gasteiger charge is -2.06. The maximum Gasteiger partial charge on any atom is 0.241 e. The van der Waals surface area contributed by atoms with Crippen LogP contribution in [-0.2, 0) is 11.3 Å². The predicted octanol–water partition coefficient (Wildman–Crippen LogP) is 0.936. The molecule has 1 rings (SSSR count). The highest BCUT2D eigenvalue weighted by Gasteiger charge is 2.05. The molecule has 0 unspecified atom stereocenters. The number of nitrogen functional groups attached to an aromatic ring is 1. The van der Waals surface area contributed by atoms with Crippen molar-refractivity contribution in [1.82, 2.24) is 15.1 Å². The summed E-state index contributed by atoms with van der Waals surface area (Å²) in [6.07, 6.45) is 2.77. The summed E-state index contributed by atoms with van der Waals surface area (Å²) in [4.78, 5) is 11.5. The molecule has 90 valence electrons. The minimum atomic E-state index is -0.0249. The van der Waals surface area contributed by atoms with E-state index in [4.69, 9.17) is 5.73 Å². The van der Waals surface area contributed by atoms with Crippen LogP contribution in [0.1, 0.15) is 25.8 Å². The van der Waals surface area contributed by atoms with Crippen molar-refractivity contribution >= 4 is 11.7 Å². The lowest BCUT2D eigenvalue weighted by Crippen LogP contribution is -2.29. The molecule has 0 spiro atoms. The summed E-state index contributed by atoms with van der Waals surface area (Å²) in [7, 11) is 0. The second-order valence-corrected chi connectivity index (χ2v) is 4.43. The number of aromatic nitrogens is 2. The molecule has 1 amide bonds. The number of amides is 1. The summed E-state index contributed by atoms with van der Waals surface area (Å²) < 4.78 is 1.56. The molecule has 0 aliphatic carbocycles. The Morgan fingerprint density at radius 3 is 2.81 bits per heavy atom. The van der Waals surface area contributed by atoms with E-state index >= 15 is 0 Å². The topological polar surface area (TPSA) is 72.9 Å². The lowest BCUT2D eigenvalue weighted by molar-refractivity contribution is -0.121. The van der Waals surface area contributed by atoms with E-state index in [1.807, 2.05) is 6.92 Å². The monoisotopic (exact) mass is 224 g/mol. The van der Waals surface area contributed by atoms with Crippen LogP contribution in [0.5, 0.6) is 0 Å². The van der Waals surface area contributed by atoms with Crippen LogP contribution >= 0.6 is 0 Å². The molecule has 0 aliphatic rings. The third-order valence-corrected chi connectivity index (χ3v) is 2.33. The lowest BCUT2D eigenvalue weighted by atomic mass is 10.1. The van der Waals surface area contributed by atoms with Crippen molar-refractivity contribution in [1.29, 1.82) is 0 Å². The number of aryl methyl sites for hydroxylation is 1. The smallest absolute Gasteiger partial charge is 0.241 e. The Labute approximate surface area is 96.0 Å². The molecule has 0 aromatic carbocycles. The fourth-order valence-corrected chi connectivity index (χ4v) is 1.32. The van der Waals surface area contributed by atoms with E-state index in [0.29, 0.717) is 18.3 Å². The Kier molecular flexibility index (Phi) is 4.34. The number of nitrogens with one attached hydrogen (secondary N) is 1. The molecule has 0 fully saturated rings. The van der Waals surface area contributed by atoms with Crippen molar-refractivity contribution in [3.8, 4) is 0 Å². The summed E-state index contributed by atoms with van der Waals surface area (Å²) in [6.45, 7) is 7.07.